The summed E-state index contributed by atoms with van der Waals surface area (Å²) in [5.74, 6) is 0.0862. The van der Waals surface area contributed by atoms with Crippen molar-refractivity contribution in [2.75, 3.05) is 0 Å². The van der Waals surface area contributed by atoms with Gasteiger partial charge in [-0.1, -0.05) is 26.0 Å². The molecule has 17 heavy (non-hydrogen) atoms. The fraction of sp³-hybridized carbons (Fsp3) is 0.500. The van der Waals surface area contributed by atoms with Gasteiger partial charge in [-0.25, -0.2) is 0 Å². The van der Waals surface area contributed by atoms with Crippen LogP contribution in [0.1, 0.15) is 39.2 Å². The molecule has 0 saturated heterocycles. The van der Waals surface area contributed by atoms with E-state index in [0.29, 0.717) is 6.42 Å². The van der Waals surface area contributed by atoms with E-state index in [9.17, 15) is 4.79 Å². The first-order valence-electron chi connectivity index (χ1n) is 6.08. The number of rotatable bonds is 5. The second-order valence-electron chi connectivity index (χ2n) is 4.66. The molecule has 0 atom stereocenters. The maximum Gasteiger partial charge on any atom is 0.224 e. The molecule has 0 radical (unpaired) electrons. The monoisotopic (exact) mass is 251 g/mol. The van der Waals surface area contributed by atoms with Crippen LogP contribution in [0.4, 0.5) is 0 Å². The first-order chi connectivity index (χ1) is 7.99. The molecule has 0 heterocycles. The molecule has 0 saturated carbocycles. The summed E-state index contributed by atoms with van der Waals surface area (Å²) in [6.45, 7) is 6.28. The van der Waals surface area contributed by atoms with Crippen LogP contribution in [-0.2, 0) is 11.2 Å². The largest absolute Gasteiger partial charge is 0.351 e. The molecule has 0 unspecified atom stereocenters. The standard InChI is InChI=1S/C14H21NOS/c1-4-14(3,5-2)15-13(16)10-11-6-8-12(17)9-7-11/h6-9,17H,4-5,10H2,1-3H3,(H,15,16). The molecular weight excluding hydrogens is 230 g/mol. The van der Waals surface area contributed by atoms with Crippen LogP contribution in [0.5, 0.6) is 0 Å². The highest BCUT2D eigenvalue weighted by atomic mass is 32.1. The van der Waals surface area contributed by atoms with Gasteiger partial charge in [0.05, 0.1) is 6.42 Å². The molecule has 94 valence electrons. The topological polar surface area (TPSA) is 29.1 Å². The van der Waals surface area contributed by atoms with Gasteiger partial charge in [0.15, 0.2) is 0 Å². The Morgan fingerprint density at radius 3 is 2.24 bits per heavy atom. The Morgan fingerprint density at radius 2 is 1.76 bits per heavy atom. The van der Waals surface area contributed by atoms with Crippen LogP contribution in [0.2, 0.25) is 0 Å². The first kappa shape index (κ1) is 14.1. The molecule has 1 aromatic carbocycles. The van der Waals surface area contributed by atoms with Gasteiger partial charge in [-0.05, 0) is 37.5 Å². The van der Waals surface area contributed by atoms with Crippen LogP contribution in [0, 0.1) is 0 Å². The Kier molecular flexibility index (Phi) is 5.06. The number of thiol groups is 1. The van der Waals surface area contributed by atoms with Crippen molar-refractivity contribution in [2.24, 2.45) is 0 Å². The van der Waals surface area contributed by atoms with Gasteiger partial charge in [0.1, 0.15) is 0 Å². The lowest BCUT2D eigenvalue weighted by Gasteiger charge is -2.28. The van der Waals surface area contributed by atoms with Crippen LogP contribution in [0.25, 0.3) is 0 Å². The Balaban J connectivity index is 2.58. The number of nitrogens with one attached hydrogen (secondary N) is 1. The third kappa shape index (κ3) is 4.43. The Labute approximate surface area is 109 Å². The van der Waals surface area contributed by atoms with E-state index in [1.807, 2.05) is 24.3 Å². The summed E-state index contributed by atoms with van der Waals surface area (Å²) in [5.41, 5.74) is 0.940. The van der Waals surface area contributed by atoms with Gasteiger partial charge in [0.2, 0.25) is 5.91 Å². The Hall–Kier alpha value is -0.960. The van der Waals surface area contributed by atoms with Crippen LogP contribution >= 0.6 is 12.6 Å². The lowest BCUT2D eigenvalue weighted by molar-refractivity contribution is -0.122. The highest BCUT2D eigenvalue weighted by Crippen LogP contribution is 2.14. The summed E-state index contributed by atoms with van der Waals surface area (Å²) in [6.07, 6.45) is 2.33. The maximum atomic E-state index is 11.9. The quantitative estimate of drug-likeness (QED) is 0.773. The lowest BCUT2D eigenvalue weighted by atomic mass is 9.95. The molecule has 3 heteroatoms. The van der Waals surface area contributed by atoms with Gasteiger partial charge in [0, 0.05) is 10.4 Å². The number of hydrogen-bond acceptors (Lipinski definition) is 2. The number of hydrogen-bond donors (Lipinski definition) is 2. The van der Waals surface area contributed by atoms with Crippen molar-refractivity contribution >= 4 is 18.5 Å². The molecular formula is C14H21NOS. The molecule has 0 aliphatic heterocycles. The third-order valence-corrected chi connectivity index (χ3v) is 3.60. The Morgan fingerprint density at radius 1 is 1.24 bits per heavy atom. The summed E-state index contributed by atoms with van der Waals surface area (Å²) >= 11 is 4.22. The molecule has 0 aliphatic rings. The van der Waals surface area contributed by atoms with Crippen molar-refractivity contribution in [1.82, 2.24) is 5.32 Å². The molecule has 1 rings (SSSR count). The van der Waals surface area contributed by atoms with E-state index in [2.05, 4.69) is 38.7 Å². The lowest BCUT2D eigenvalue weighted by Crippen LogP contribution is -2.45. The van der Waals surface area contributed by atoms with Crippen LogP contribution in [0.15, 0.2) is 29.2 Å². The van der Waals surface area contributed by atoms with Crippen LogP contribution in [-0.4, -0.2) is 11.4 Å². The Bertz CT molecular complexity index is 368. The molecule has 0 aromatic heterocycles. The maximum absolute atomic E-state index is 11.9. The number of carbonyl (C=O) groups is 1. The highest BCUT2D eigenvalue weighted by molar-refractivity contribution is 7.80. The predicted molar refractivity (Wildman–Crippen MR) is 74.5 cm³/mol. The summed E-state index contributed by atoms with van der Waals surface area (Å²) in [5, 5.41) is 3.10. The van der Waals surface area contributed by atoms with Gasteiger partial charge >= 0.3 is 0 Å². The van der Waals surface area contributed by atoms with Crippen molar-refractivity contribution in [3.05, 3.63) is 29.8 Å². The van der Waals surface area contributed by atoms with Crippen molar-refractivity contribution in [3.8, 4) is 0 Å². The van der Waals surface area contributed by atoms with E-state index >= 15 is 0 Å². The molecule has 0 fully saturated rings. The van der Waals surface area contributed by atoms with Crippen molar-refractivity contribution in [2.45, 2.75) is 50.5 Å². The van der Waals surface area contributed by atoms with Crippen molar-refractivity contribution < 1.29 is 4.79 Å². The second-order valence-corrected chi connectivity index (χ2v) is 5.18. The number of amides is 1. The van der Waals surface area contributed by atoms with E-state index in [4.69, 9.17) is 0 Å². The van der Waals surface area contributed by atoms with Crippen molar-refractivity contribution in [3.63, 3.8) is 0 Å². The van der Waals surface area contributed by atoms with Crippen molar-refractivity contribution in [1.29, 1.82) is 0 Å². The first-order valence-corrected chi connectivity index (χ1v) is 6.52. The predicted octanol–water partition coefficient (Wildman–Crippen LogP) is 3.21. The average molecular weight is 251 g/mol. The zero-order valence-electron chi connectivity index (χ0n) is 10.8. The van der Waals surface area contributed by atoms with Gasteiger partial charge in [-0.3, -0.25) is 4.79 Å². The van der Waals surface area contributed by atoms with Crippen LogP contribution < -0.4 is 5.32 Å². The van der Waals surface area contributed by atoms with E-state index in [0.717, 1.165) is 23.3 Å². The molecule has 0 bridgehead atoms. The number of benzene rings is 1. The molecule has 1 N–H and O–H groups in total. The average Bonchev–Trinajstić information content (AvgIpc) is 2.32. The molecule has 0 aliphatic carbocycles. The van der Waals surface area contributed by atoms with Gasteiger partial charge in [-0.2, -0.15) is 0 Å². The number of carbonyl (C=O) groups excluding carboxylic acids is 1. The van der Waals surface area contributed by atoms with Gasteiger partial charge in [0.25, 0.3) is 0 Å². The fourth-order valence-corrected chi connectivity index (χ4v) is 1.76. The zero-order valence-corrected chi connectivity index (χ0v) is 11.7. The van der Waals surface area contributed by atoms with E-state index in [1.165, 1.54) is 0 Å². The smallest absolute Gasteiger partial charge is 0.224 e. The molecule has 1 aromatic rings. The minimum atomic E-state index is -0.0828. The fourth-order valence-electron chi connectivity index (χ4n) is 1.61. The normalized spacial score (nSPS) is 11.3. The van der Waals surface area contributed by atoms with Gasteiger partial charge < -0.3 is 5.32 Å². The van der Waals surface area contributed by atoms with E-state index in [-0.39, 0.29) is 11.4 Å². The minimum absolute atomic E-state index is 0.0828. The van der Waals surface area contributed by atoms with Gasteiger partial charge in [-0.15, -0.1) is 12.6 Å². The summed E-state index contributed by atoms with van der Waals surface area (Å²) < 4.78 is 0. The minimum Gasteiger partial charge on any atom is -0.351 e. The molecule has 2 nitrogen and oxygen atoms in total. The SMILES string of the molecule is CCC(C)(CC)NC(=O)Cc1ccc(S)cc1. The molecule has 1 amide bonds. The van der Waals surface area contributed by atoms with E-state index < -0.39 is 0 Å². The summed E-state index contributed by atoms with van der Waals surface area (Å²) in [6, 6.07) is 7.70. The summed E-state index contributed by atoms with van der Waals surface area (Å²) in [7, 11) is 0. The zero-order chi connectivity index (χ0) is 12.9. The highest BCUT2D eigenvalue weighted by Gasteiger charge is 2.21. The third-order valence-electron chi connectivity index (χ3n) is 3.30. The summed E-state index contributed by atoms with van der Waals surface area (Å²) in [4.78, 5) is 12.8. The molecule has 0 spiro atoms. The van der Waals surface area contributed by atoms with E-state index in [1.54, 1.807) is 0 Å². The second kappa shape index (κ2) is 6.10. The van der Waals surface area contributed by atoms with Crippen LogP contribution in [0.3, 0.4) is 0 Å².